The molecule has 3 atom stereocenters. The van der Waals surface area contributed by atoms with Gasteiger partial charge in [0.1, 0.15) is 11.7 Å². The van der Waals surface area contributed by atoms with Gasteiger partial charge in [-0.1, -0.05) is 48.5 Å². The summed E-state index contributed by atoms with van der Waals surface area (Å²) in [4.78, 5) is 26.1. The second-order valence-corrected chi connectivity index (χ2v) is 6.31. The minimum absolute atomic E-state index is 0.406. The molecule has 0 unspecified atom stereocenters. The Balaban J connectivity index is 1.95. The molecule has 1 saturated heterocycles. The van der Waals surface area contributed by atoms with Crippen LogP contribution in [0.15, 0.2) is 54.6 Å². The highest BCUT2D eigenvalue weighted by atomic mass is 16.5. The van der Waals surface area contributed by atoms with Crippen molar-refractivity contribution in [3.8, 4) is 5.75 Å². The average molecular weight is 323 g/mol. The van der Waals surface area contributed by atoms with E-state index in [1.165, 1.54) is 4.90 Å². The number of benzene rings is 2. The van der Waals surface area contributed by atoms with E-state index < -0.39 is 29.4 Å². The molecule has 0 radical (unpaired) electrons. The third kappa shape index (κ3) is 1.87. The van der Waals surface area contributed by atoms with Gasteiger partial charge in [-0.15, -0.1) is 0 Å². The lowest BCUT2D eigenvalue weighted by Crippen LogP contribution is -2.61. The van der Waals surface area contributed by atoms with Crippen molar-refractivity contribution in [2.24, 2.45) is 5.92 Å². The third-order valence-electron chi connectivity index (χ3n) is 5.13. The number of hydrogen-bond acceptors (Lipinski definition) is 3. The Morgan fingerprint density at radius 3 is 2.54 bits per heavy atom. The van der Waals surface area contributed by atoms with E-state index in [-0.39, 0.29) is 0 Å². The minimum Gasteiger partial charge on any atom is -0.481 e. The predicted molar refractivity (Wildman–Crippen MR) is 86.4 cm³/mol. The standard InChI is InChI=1S/C19H17NO4/c1-20-17(21)16(18(22)23)14-11-19(20,12-7-3-2-4-8-12)24-15-10-6-5-9-13(14)15/h2-10,14,16H,11H2,1H3,(H,22,23)/t14-,16+,19-/m1/s1. The Morgan fingerprint density at radius 2 is 1.83 bits per heavy atom. The second kappa shape index (κ2) is 5.09. The van der Waals surface area contributed by atoms with E-state index in [4.69, 9.17) is 4.74 Å². The number of ether oxygens (including phenoxy) is 1. The molecule has 2 aliphatic heterocycles. The molecule has 2 heterocycles. The first kappa shape index (κ1) is 14.8. The Labute approximate surface area is 139 Å². The van der Waals surface area contributed by atoms with Crippen LogP contribution in [0.5, 0.6) is 5.75 Å². The molecule has 2 aromatic rings. The Hall–Kier alpha value is -2.82. The van der Waals surface area contributed by atoms with Crippen LogP contribution in [0.25, 0.3) is 0 Å². The van der Waals surface area contributed by atoms with Crippen LogP contribution >= 0.6 is 0 Å². The SMILES string of the molecule is CN1C(=O)[C@@H](C(=O)O)[C@@H]2C[C@]1(c1ccccc1)Oc1ccccc12. The molecular formula is C19H17NO4. The highest BCUT2D eigenvalue weighted by Gasteiger charge is 2.57. The van der Waals surface area contributed by atoms with Gasteiger partial charge >= 0.3 is 5.97 Å². The number of amides is 1. The number of carboxylic acid groups (broad SMARTS) is 1. The van der Waals surface area contributed by atoms with Crippen LogP contribution in [0, 0.1) is 5.92 Å². The topological polar surface area (TPSA) is 66.8 Å². The smallest absolute Gasteiger partial charge is 0.316 e. The van der Waals surface area contributed by atoms with E-state index in [1.807, 2.05) is 54.6 Å². The highest BCUT2D eigenvalue weighted by Crippen LogP contribution is 2.53. The molecule has 5 nitrogen and oxygen atoms in total. The molecule has 2 aliphatic rings. The summed E-state index contributed by atoms with van der Waals surface area (Å²) < 4.78 is 6.30. The van der Waals surface area contributed by atoms with Gasteiger partial charge in [0.05, 0.1) is 0 Å². The van der Waals surface area contributed by atoms with Crippen molar-refractivity contribution < 1.29 is 19.4 Å². The van der Waals surface area contributed by atoms with Crippen LogP contribution < -0.4 is 4.74 Å². The summed E-state index contributed by atoms with van der Waals surface area (Å²) in [7, 11) is 1.62. The normalized spacial score (nSPS) is 28.0. The number of carbonyl (C=O) groups is 2. The monoisotopic (exact) mass is 323 g/mol. The number of carbonyl (C=O) groups excluding carboxylic acids is 1. The molecule has 5 heteroatoms. The molecule has 0 spiro atoms. The van der Waals surface area contributed by atoms with Crippen LogP contribution in [-0.4, -0.2) is 28.9 Å². The van der Waals surface area contributed by atoms with Gasteiger partial charge in [-0.25, -0.2) is 0 Å². The predicted octanol–water partition coefficient (Wildman–Crippen LogP) is 2.58. The number of piperidine rings is 1. The van der Waals surface area contributed by atoms with Crippen LogP contribution in [0.3, 0.4) is 0 Å². The van der Waals surface area contributed by atoms with Crippen LogP contribution in [0.2, 0.25) is 0 Å². The first-order valence-electron chi connectivity index (χ1n) is 7.88. The van der Waals surface area contributed by atoms with Crippen molar-refractivity contribution in [3.05, 3.63) is 65.7 Å². The highest BCUT2D eigenvalue weighted by molar-refractivity contribution is 5.99. The average Bonchev–Trinajstić information content (AvgIpc) is 2.60. The van der Waals surface area contributed by atoms with Gasteiger partial charge < -0.3 is 14.7 Å². The minimum atomic E-state index is -1.09. The van der Waals surface area contributed by atoms with E-state index in [1.54, 1.807) is 7.05 Å². The van der Waals surface area contributed by atoms with Crippen molar-refractivity contribution >= 4 is 11.9 Å². The number of fused-ring (bicyclic) bond motifs is 4. The molecule has 24 heavy (non-hydrogen) atoms. The number of nitrogens with zero attached hydrogens (tertiary/aromatic N) is 1. The van der Waals surface area contributed by atoms with Gasteiger partial charge in [-0.05, 0) is 11.6 Å². The molecule has 0 saturated carbocycles. The van der Waals surface area contributed by atoms with E-state index in [2.05, 4.69) is 0 Å². The number of hydrogen-bond donors (Lipinski definition) is 1. The quantitative estimate of drug-likeness (QED) is 0.863. The fourth-order valence-electron chi connectivity index (χ4n) is 3.92. The van der Waals surface area contributed by atoms with Gasteiger partial charge in [0, 0.05) is 24.9 Å². The van der Waals surface area contributed by atoms with Crippen molar-refractivity contribution in [2.75, 3.05) is 7.05 Å². The molecule has 1 N–H and O–H groups in total. The first-order valence-corrected chi connectivity index (χ1v) is 7.88. The van der Waals surface area contributed by atoms with Gasteiger partial charge in [-0.3, -0.25) is 9.59 Å². The van der Waals surface area contributed by atoms with Crippen molar-refractivity contribution in [2.45, 2.75) is 18.1 Å². The largest absolute Gasteiger partial charge is 0.481 e. The summed E-state index contributed by atoms with van der Waals surface area (Å²) in [6.07, 6.45) is 0.424. The Bertz CT molecular complexity index is 819. The Kier molecular flexibility index (Phi) is 3.13. The fourth-order valence-corrected chi connectivity index (χ4v) is 3.92. The van der Waals surface area contributed by atoms with Crippen LogP contribution in [-0.2, 0) is 15.3 Å². The maximum absolute atomic E-state index is 12.8. The van der Waals surface area contributed by atoms with E-state index in [0.29, 0.717) is 12.2 Å². The maximum atomic E-state index is 12.8. The lowest BCUT2D eigenvalue weighted by molar-refractivity contribution is -0.182. The van der Waals surface area contributed by atoms with E-state index in [9.17, 15) is 14.7 Å². The summed E-state index contributed by atoms with van der Waals surface area (Å²) in [5.74, 6) is -2.36. The van der Waals surface area contributed by atoms with Crippen LogP contribution in [0.4, 0.5) is 0 Å². The summed E-state index contributed by atoms with van der Waals surface area (Å²) in [6.45, 7) is 0. The third-order valence-corrected chi connectivity index (χ3v) is 5.13. The van der Waals surface area contributed by atoms with E-state index >= 15 is 0 Å². The zero-order valence-corrected chi connectivity index (χ0v) is 13.2. The molecular weight excluding hydrogens is 306 g/mol. The van der Waals surface area contributed by atoms with Crippen molar-refractivity contribution in [1.29, 1.82) is 0 Å². The fraction of sp³-hybridized carbons (Fsp3) is 0.263. The summed E-state index contributed by atoms with van der Waals surface area (Å²) in [5.41, 5.74) is 0.672. The van der Waals surface area contributed by atoms with E-state index in [0.717, 1.165) is 11.1 Å². The first-order chi connectivity index (χ1) is 11.5. The summed E-state index contributed by atoms with van der Waals surface area (Å²) >= 11 is 0. The molecule has 1 amide bonds. The number of rotatable bonds is 2. The van der Waals surface area contributed by atoms with Crippen molar-refractivity contribution in [3.63, 3.8) is 0 Å². The number of carboxylic acids is 1. The summed E-state index contributed by atoms with van der Waals surface area (Å²) in [5, 5.41) is 9.63. The zero-order valence-electron chi connectivity index (χ0n) is 13.2. The molecule has 0 aromatic heterocycles. The lowest BCUT2D eigenvalue weighted by Gasteiger charge is -2.52. The molecule has 2 bridgehead atoms. The number of aliphatic carboxylic acids is 1. The molecule has 0 aliphatic carbocycles. The maximum Gasteiger partial charge on any atom is 0.316 e. The lowest BCUT2D eigenvalue weighted by atomic mass is 9.72. The van der Waals surface area contributed by atoms with Crippen LogP contribution in [0.1, 0.15) is 23.5 Å². The second-order valence-electron chi connectivity index (χ2n) is 6.31. The molecule has 1 fully saturated rings. The van der Waals surface area contributed by atoms with Gasteiger partial charge in [0.15, 0.2) is 0 Å². The number of likely N-dealkylation sites (tertiary alicyclic amines) is 1. The Morgan fingerprint density at radius 1 is 1.17 bits per heavy atom. The zero-order chi connectivity index (χ0) is 16.9. The number of para-hydroxylation sites is 1. The molecule has 2 aromatic carbocycles. The summed E-state index contributed by atoms with van der Waals surface area (Å²) in [6, 6.07) is 16.9. The van der Waals surface area contributed by atoms with Gasteiger partial charge in [0.2, 0.25) is 11.6 Å². The van der Waals surface area contributed by atoms with Gasteiger partial charge in [-0.2, -0.15) is 0 Å². The van der Waals surface area contributed by atoms with Crippen molar-refractivity contribution in [1.82, 2.24) is 4.90 Å². The molecule has 4 rings (SSSR count). The van der Waals surface area contributed by atoms with Gasteiger partial charge in [0.25, 0.3) is 0 Å². The molecule has 122 valence electrons.